The Bertz CT molecular complexity index is 1350. The van der Waals surface area contributed by atoms with Crippen LogP contribution in [-0.4, -0.2) is 96.0 Å². The maximum absolute atomic E-state index is 12.9. The molecule has 0 aromatic heterocycles. The number of aliphatic hydroxyl groups is 3. The van der Waals surface area contributed by atoms with Crippen molar-refractivity contribution in [3.63, 3.8) is 0 Å². The van der Waals surface area contributed by atoms with Gasteiger partial charge in [-0.25, -0.2) is 0 Å². The van der Waals surface area contributed by atoms with Gasteiger partial charge >= 0.3 is 11.9 Å². The second-order valence-electron chi connectivity index (χ2n) is 18.5. The van der Waals surface area contributed by atoms with Crippen LogP contribution in [0.15, 0.2) is 36.5 Å². The highest BCUT2D eigenvalue weighted by Gasteiger charge is 2.46. The lowest BCUT2D eigenvalue weighted by Crippen LogP contribution is -2.60. The molecule has 1 fully saturated rings. The highest BCUT2D eigenvalue weighted by Crippen LogP contribution is 2.24. The van der Waals surface area contributed by atoms with Gasteiger partial charge in [-0.2, -0.15) is 8.42 Å². The van der Waals surface area contributed by atoms with Crippen molar-refractivity contribution in [1.29, 1.82) is 0 Å². The Kier molecular flexibility index (Phi) is 40.3. The minimum atomic E-state index is -4.61. The number of rotatable bonds is 45. The fraction of sp³-hybridized carbons (Fsp3) is 0.849. The van der Waals surface area contributed by atoms with E-state index in [-0.39, 0.29) is 19.4 Å². The van der Waals surface area contributed by atoms with Crippen molar-refractivity contribution in [2.24, 2.45) is 0 Å². The van der Waals surface area contributed by atoms with Crippen molar-refractivity contribution >= 4 is 22.1 Å². The predicted octanol–water partition coefficient (Wildman–Crippen LogP) is 12.1. The first-order valence-electron chi connectivity index (χ1n) is 26.5. The topological polar surface area (TPSA) is 186 Å². The third kappa shape index (κ3) is 36.9. The van der Waals surface area contributed by atoms with Crippen LogP contribution < -0.4 is 0 Å². The lowest BCUT2D eigenvalue weighted by molar-refractivity contribution is -0.297. The van der Waals surface area contributed by atoms with Crippen LogP contribution in [-0.2, 0) is 38.7 Å². The molecular weight excluding hydrogens is 861 g/mol. The molecule has 13 heteroatoms. The molecule has 386 valence electrons. The number of ether oxygens (including phenoxy) is 4. The Morgan fingerprint density at radius 2 is 0.909 bits per heavy atom. The molecule has 0 aliphatic carbocycles. The van der Waals surface area contributed by atoms with E-state index in [0.717, 1.165) is 64.2 Å². The monoisotopic (exact) mass is 957 g/mol. The molecule has 1 rings (SSSR count). The molecule has 12 nitrogen and oxygen atoms in total. The largest absolute Gasteiger partial charge is 0.462 e. The quantitative estimate of drug-likeness (QED) is 0.0196. The summed E-state index contributed by atoms with van der Waals surface area (Å²) in [7, 11) is -4.61. The lowest BCUT2D eigenvalue weighted by atomic mass is 10.00. The fourth-order valence-corrected chi connectivity index (χ4v) is 8.79. The Labute approximate surface area is 401 Å². The summed E-state index contributed by atoms with van der Waals surface area (Å²) in [5.41, 5.74) is 0. The average Bonchev–Trinajstić information content (AvgIpc) is 3.28. The Balaban J connectivity index is 2.36. The first-order chi connectivity index (χ1) is 32.0. The van der Waals surface area contributed by atoms with E-state index in [2.05, 4.69) is 50.3 Å². The molecule has 0 aromatic carbocycles. The fourth-order valence-electron chi connectivity index (χ4n) is 8.10. The van der Waals surface area contributed by atoms with Crippen LogP contribution in [0.25, 0.3) is 0 Å². The first kappa shape index (κ1) is 61.9. The molecule has 1 saturated heterocycles. The van der Waals surface area contributed by atoms with Gasteiger partial charge in [0.1, 0.15) is 36.8 Å². The van der Waals surface area contributed by atoms with Crippen molar-refractivity contribution < 1.29 is 56.8 Å². The van der Waals surface area contributed by atoms with Crippen LogP contribution in [0.5, 0.6) is 0 Å². The zero-order chi connectivity index (χ0) is 48.4. The second kappa shape index (κ2) is 42.9. The van der Waals surface area contributed by atoms with E-state index in [1.165, 1.54) is 128 Å². The van der Waals surface area contributed by atoms with Gasteiger partial charge in [0, 0.05) is 12.8 Å². The molecule has 4 N–H and O–H groups in total. The molecule has 1 aliphatic rings. The van der Waals surface area contributed by atoms with Gasteiger partial charge < -0.3 is 34.3 Å². The Hall–Kier alpha value is -2.13. The molecule has 0 spiro atoms. The zero-order valence-corrected chi connectivity index (χ0v) is 42.4. The van der Waals surface area contributed by atoms with Crippen molar-refractivity contribution in [2.45, 2.75) is 269 Å². The van der Waals surface area contributed by atoms with Crippen LogP contribution in [0.3, 0.4) is 0 Å². The van der Waals surface area contributed by atoms with Gasteiger partial charge in [0.05, 0.1) is 6.61 Å². The molecule has 0 bridgehead atoms. The van der Waals surface area contributed by atoms with Gasteiger partial charge in [0.2, 0.25) is 0 Å². The van der Waals surface area contributed by atoms with Crippen LogP contribution in [0.1, 0.15) is 232 Å². The highest BCUT2D eigenvalue weighted by molar-refractivity contribution is 7.85. The van der Waals surface area contributed by atoms with E-state index in [4.69, 9.17) is 18.9 Å². The summed E-state index contributed by atoms with van der Waals surface area (Å²) >= 11 is 0. The molecule has 0 amide bonds. The smallest absolute Gasteiger partial charge is 0.306 e. The van der Waals surface area contributed by atoms with Gasteiger partial charge in [-0.15, -0.1) is 0 Å². The number of carbonyl (C=O) groups excluding carboxylic acids is 2. The first-order valence-corrected chi connectivity index (χ1v) is 28.2. The van der Waals surface area contributed by atoms with Gasteiger partial charge in [-0.1, -0.05) is 204 Å². The number of hydrogen-bond donors (Lipinski definition) is 4. The van der Waals surface area contributed by atoms with Crippen molar-refractivity contribution in [3.05, 3.63) is 36.5 Å². The number of aliphatic hydroxyl groups excluding tert-OH is 3. The second-order valence-corrected chi connectivity index (χ2v) is 20.0. The summed E-state index contributed by atoms with van der Waals surface area (Å²) in [6.07, 6.45) is 41.8. The highest BCUT2D eigenvalue weighted by atomic mass is 32.2. The summed E-state index contributed by atoms with van der Waals surface area (Å²) in [6.45, 7) is 3.75. The van der Waals surface area contributed by atoms with E-state index in [9.17, 15) is 37.9 Å². The molecular formula is C53H96O12S. The van der Waals surface area contributed by atoms with Gasteiger partial charge in [0.15, 0.2) is 12.4 Å². The summed E-state index contributed by atoms with van der Waals surface area (Å²) in [5, 5.41) is 31.0. The van der Waals surface area contributed by atoms with Gasteiger partial charge in [-0.3, -0.25) is 14.1 Å². The Morgan fingerprint density at radius 3 is 1.38 bits per heavy atom. The predicted molar refractivity (Wildman–Crippen MR) is 266 cm³/mol. The van der Waals surface area contributed by atoms with Crippen molar-refractivity contribution in [3.8, 4) is 0 Å². The van der Waals surface area contributed by atoms with E-state index in [0.29, 0.717) is 12.8 Å². The normalized spacial score (nSPS) is 19.6. The molecule has 0 radical (unpaired) electrons. The minimum Gasteiger partial charge on any atom is -0.462 e. The zero-order valence-electron chi connectivity index (χ0n) is 41.6. The molecule has 1 heterocycles. The lowest BCUT2D eigenvalue weighted by Gasteiger charge is -2.40. The number of allylic oxidation sites excluding steroid dienone is 6. The third-order valence-corrected chi connectivity index (χ3v) is 13.0. The van der Waals surface area contributed by atoms with Crippen LogP contribution >= 0.6 is 0 Å². The van der Waals surface area contributed by atoms with E-state index < -0.39 is 71.2 Å². The van der Waals surface area contributed by atoms with Crippen LogP contribution in [0, 0.1) is 0 Å². The van der Waals surface area contributed by atoms with Crippen molar-refractivity contribution in [2.75, 3.05) is 19.0 Å². The molecule has 66 heavy (non-hydrogen) atoms. The molecule has 0 saturated carbocycles. The SMILES string of the molecule is CCCCC/C=C/C/C=C/C/C=C/CCCCCCC(=O)O[C@H](COC(=O)CCCCCCCCCCCCCCCCCCCCCCC)CO[C@H]1O[C@H](CS(=O)(=O)O)[C@@H](O)C(O)C1O. The molecule has 1 aliphatic heterocycles. The average molecular weight is 957 g/mol. The number of hydrogen-bond acceptors (Lipinski definition) is 11. The van der Waals surface area contributed by atoms with E-state index in [1.54, 1.807) is 0 Å². The van der Waals surface area contributed by atoms with Gasteiger partial charge in [-0.05, 0) is 51.4 Å². The molecule has 0 aromatic rings. The summed E-state index contributed by atoms with van der Waals surface area (Å²) in [4.78, 5) is 25.5. The summed E-state index contributed by atoms with van der Waals surface area (Å²) < 4.78 is 54.2. The number of esters is 2. The van der Waals surface area contributed by atoms with Gasteiger partial charge in [0.25, 0.3) is 10.1 Å². The summed E-state index contributed by atoms with van der Waals surface area (Å²) in [6, 6.07) is 0. The van der Waals surface area contributed by atoms with Crippen LogP contribution in [0.4, 0.5) is 0 Å². The number of carbonyl (C=O) groups is 2. The standard InChI is InChI=1S/C53H96O12S/c1-3-5-7-9-11-13-15-17-19-21-22-23-24-26-27-29-31-33-35-37-39-41-48(54)62-43-46(44-63-53-52(58)51(57)50(56)47(65-53)45-66(59,60)61)64-49(55)42-40-38-36-34-32-30-28-25-20-18-16-14-12-10-8-6-4-2/h12,14,18,20,28,30,46-47,50-53,56-58H,3-11,13,15-17,19,21-27,29,31-45H2,1-2H3,(H,59,60,61)/b14-12+,20-18+,30-28+/t46-,47-,50-,51?,52?,53+/m1/s1. The third-order valence-electron chi connectivity index (χ3n) is 12.2. The van der Waals surface area contributed by atoms with Crippen LogP contribution in [0.2, 0.25) is 0 Å². The summed E-state index contributed by atoms with van der Waals surface area (Å²) in [5.74, 6) is -2.00. The number of unbranched alkanes of at least 4 members (excludes halogenated alkanes) is 27. The maximum Gasteiger partial charge on any atom is 0.306 e. The van der Waals surface area contributed by atoms with E-state index >= 15 is 0 Å². The van der Waals surface area contributed by atoms with E-state index in [1.807, 2.05) is 0 Å². The maximum atomic E-state index is 12.9. The molecule has 6 atom stereocenters. The molecule has 2 unspecified atom stereocenters. The Morgan fingerprint density at radius 1 is 0.515 bits per heavy atom. The minimum absolute atomic E-state index is 0.140. The van der Waals surface area contributed by atoms with Crippen molar-refractivity contribution in [1.82, 2.24) is 0 Å².